The fraction of sp³-hybridized carbons (Fsp3) is 0.167. The van der Waals surface area contributed by atoms with Crippen LogP contribution >= 0.6 is 0 Å². The second kappa shape index (κ2) is 5.61. The fourth-order valence-corrected chi connectivity index (χ4v) is 1.06. The summed E-state index contributed by atoms with van der Waals surface area (Å²) in [6.45, 7) is 3.63. The Morgan fingerprint density at radius 2 is 2.07 bits per heavy atom. The molecular weight excluding hydrogens is 188 g/mol. The molecule has 0 unspecified atom stereocenters. The van der Waals surface area contributed by atoms with E-state index in [4.69, 9.17) is 5.26 Å². The summed E-state index contributed by atoms with van der Waals surface area (Å²) in [4.78, 5) is 11.5. The first-order valence-electron chi connectivity index (χ1n) is 4.65. The van der Waals surface area contributed by atoms with E-state index in [0.29, 0.717) is 18.4 Å². The monoisotopic (exact) mass is 200 g/mol. The van der Waals surface area contributed by atoms with Crippen LogP contribution in [0, 0.1) is 11.3 Å². The van der Waals surface area contributed by atoms with Crippen LogP contribution in [0.15, 0.2) is 42.5 Å². The predicted molar refractivity (Wildman–Crippen MR) is 59.1 cm³/mol. The molecule has 3 nitrogen and oxygen atoms in total. The Morgan fingerprint density at radius 3 is 2.67 bits per heavy atom. The van der Waals surface area contributed by atoms with Crippen molar-refractivity contribution in [2.24, 2.45) is 0 Å². The van der Waals surface area contributed by atoms with Crippen molar-refractivity contribution in [3.05, 3.63) is 42.5 Å². The van der Waals surface area contributed by atoms with Gasteiger partial charge in [-0.05, 0) is 18.6 Å². The molecule has 1 aromatic carbocycles. The first-order valence-corrected chi connectivity index (χ1v) is 4.65. The second-order valence-electron chi connectivity index (χ2n) is 3.08. The number of benzene rings is 1. The summed E-state index contributed by atoms with van der Waals surface area (Å²) >= 11 is 0. The van der Waals surface area contributed by atoms with Gasteiger partial charge in [-0.3, -0.25) is 4.79 Å². The molecule has 0 aromatic heterocycles. The lowest BCUT2D eigenvalue weighted by atomic mass is 10.1. The number of nitrogens with one attached hydrogen (secondary N) is 1. The molecule has 0 fully saturated rings. The van der Waals surface area contributed by atoms with Gasteiger partial charge in [-0.2, -0.15) is 5.26 Å². The van der Waals surface area contributed by atoms with Crippen LogP contribution in [-0.4, -0.2) is 5.91 Å². The quantitative estimate of drug-likeness (QED) is 0.759. The van der Waals surface area contributed by atoms with E-state index < -0.39 is 0 Å². The van der Waals surface area contributed by atoms with E-state index in [1.807, 2.05) is 24.3 Å². The van der Waals surface area contributed by atoms with Crippen molar-refractivity contribution in [2.75, 3.05) is 5.32 Å². The number of hydrogen-bond acceptors (Lipinski definition) is 2. The largest absolute Gasteiger partial charge is 0.322 e. The van der Waals surface area contributed by atoms with Crippen LogP contribution in [0.1, 0.15) is 12.8 Å². The third-order valence-electron chi connectivity index (χ3n) is 1.89. The number of carbonyl (C=O) groups excluding carboxylic acids is 1. The van der Waals surface area contributed by atoms with Crippen LogP contribution < -0.4 is 5.32 Å². The lowest BCUT2D eigenvalue weighted by Gasteiger charge is -2.05. The van der Waals surface area contributed by atoms with Gasteiger partial charge in [-0.15, -0.1) is 0 Å². The van der Waals surface area contributed by atoms with Crippen molar-refractivity contribution in [2.45, 2.75) is 12.8 Å². The number of nitrogens with zero attached hydrogens (tertiary/aromatic N) is 1. The Kier molecular flexibility index (Phi) is 4.11. The molecule has 0 bridgehead atoms. The smallest absolute Gasteiger partial charge is 0.251 e. The highest BCUT2D eigenvalue weighted by Crippen LogP contribution is 2.09. The standard InChI is InChI=1S/C12H12N2O/c1-10(6-5-9-13)12(15)14-11-7-3-2-4-8-11/h2-4,7-8H,1,5-6H2,(H,14,15). The Bertz CT molecular complexity index is 390. The van der Waals surface area contributed by atoms with E-state index in [2.05, 4.69) is 11.9 Å². The van der Waals surface area contributed by atoms with Gasteiger partial charge in [0.15, 0.2) is 0 Å². The Balaban J connectivity index is 2.50. The maximum absolute atomic E-state index is 11.5. The van der Waals surface area contributed by atoms with Gasteiger partial charge in [0.05, 0.1) is 6.07 Å². The molecule has 1 N–H and O–H groups in total. The fourth-order valence-electron chi connectivity index (χ4n) is 1.06. The zero-order valence-electron chi connectivity index (χ0n) is 8.36. The number of anilines is 1. The predicted octanol–water partition coefficient (Wildman–Crippen LogP) is 2.49. The molecule has 0 heterocycles. The molecule has 1 rings (SSSR count). The highest BCUT2D eigenvalue weighted by atomic mass is 16.1. The van der Waals surface area contributed by atoms with Crippen LogP contribution in [0.5, 0.6) is 0 Å². The van der Waals surface area contributed by atoms with E-state index >= 15 is 0 Å². The zero-order chi connectivity index (χ0) is 11.1. The first kappa shape index (κ1) is 11.0. The molecule has 0 aliphatic carbocycles. The summed E-state index contributed by atoms with van der Waals surface area (Å²) in [5, 5.41) is 11.1. The molecular formula is C12H12N2O. The van der Waals surface area contributed by atoms with Gasteiger partial charge < -0.3 is 5.32 Å². The number of carbonyl (C=O) groups is 1. The normalized spacial score (nSPS) is 9.00. The number of rotatable bonds is 4. The molecule has 3 heteroatoms. The Morgan fingerprint density at radius 1 is 1.40 bits per heavy atom. The molecule has 0 aliphatic rings. The molecule has 0 radical (unpaired) electrons. The van der Waals surface area contributed by atoms with Gasteiger partial charge >= 0.3 is 0 Å². The highest BCUT2D eigenvalue weighted by molar-refractivity contribution is 6.03. The molecule has 1 amide bonds. The minimum atomic E-state index is -0.226. The van der Waals surface area contributed by atoms with Gasteiger partial charge in [0.1, 0.15) is 0 Å². The summed E-state index contributed by atoms with van der Waals surface area (Å²) in [6, 6.07) is 11.1. The van der Waals surface area contributed by atoms with E-state index in [9.17, 15) is 4.79 Å². The maximum Gasteiger partial charge on any atom is 0.251 e. The van der Waals surface area contributed by atoms with E-state index in [1.165, 1.54) is 0 Å². The molecule has 0 aliphatic heterocycles. The van der Waals surface area contributed by atoms with Crippen molar-refractivity contribution in [3.63, 3.8) is 0 Å². The Hall–Kier alpha value is -2.08. The van der Waals surface area contributed by atoms with Gasteiger partial charge in [-0.25, -0.2) is 0 Å². The van der Waals surface area contributed by atoms with Crippen LogP contribution in [0.25, 0.3) is 0 Å². The third-order valence-corrected chi connectivity index (χ3v) is 1.89. The molecule has 76 valence electrons. The number of nitriles is 1. The SMILES string of the molecule is C=C(CCC#N)C(=O)Nc1ccccc1. The molecule has 0 spiro atoms. The molecule has 0 saturated heterocycles. The summed E-state index contributed by atoms with van der Waals surface area (Å²) < 4.78 is 0. The van der Waals surface area contributed by atoms with Crippen molar-refractivity contribution < 1.29 is 4.79 Å². The van der Waals surface area contributed by atoms with Crippen molar-refractivity contribution in [1.29, 1.82) is 5.26 Å². The average Bonchev–Trinajstić information content (AvgIpc) is 2.27. The van der Waals surface area contributed by atoms with Crippen LogP contribution in [-0.2, 0) is 4.79 Å². The zero-order valence-corrected chi connectivity index (χ0v) is 8.36. The summed E-state index contributed by atoms with van der Waals surface area (Å²) in [5.74, 6) is -0.226. The summed E-state index contributed by atoms with van der Waals surface area (Å²) in [7, 11) is 0. The highest BCUT2D eigenvalue weighted by Gasteiger charge is 2.06. The summed E-state index contributed by atoms with van der Waals surface area (Å²) in [6.07, 6.45) is 0.732. The number of amides is 1. The minimum Gasteiger partial charge on any atom is -0.322 e. The van der Waals surface area contributed by atoms with E-state index in [0.717, 1.165) is 5.69 Å². The van der Waals surface area contributed by atoms with Crippen LogP contribution in [0.3, 0.4) is 0 Å². The molecule has 0 atom stereocenters. The van der Waals surface area contributed by atoms with Gasteiger partial charge in [0.2, 0.25) is 0 Å². The third kappa shape index (κ3) is 3.65. The van der Waals surface area contributed by atoms with Crippen molar-refractivity contribution in [1.82, 2.24) is 0 Å². The molecule has 15 heavy (non-hydrogen) atoms. The average molecular weight is 200 g/mol. The minimum absolute atomic E-state index is 0.226. The topological polar surface area (TPSA) is 52.9 Å². The van der Waals surface area contributed by atoms with Gasteiger partial charge in [-0.1, -0.05) is 24.8 Å². The van der Waals surface area contributed by atoms with Crippen LogP contribution in [0.2, 0.25) is 0 Å². The molecule has 1 aromatic rings. The summed E-state index contributed by atoms with van der Waals surface area (Å²) in [5.41, 5.74) is 1.17. The van der Waals surface area contributed by atoms with Crippen molar-refractivity contribution >= 4 is 11.6 Å². The van der Waals surface area contributed by atoms with E-state index in [1.54, 1.807) is 12.1 Å². The van der Waals surface area contributed by atoms with Gasteiger partial charge in [0, 0.05) is 17.7 Å². The van der Waals surface area contributed by atoms with E-state index in [-0.39, 0.29) is 5.91 Å². The lowest BCUT2D eigenvalue weighted by molar-refractivity contribution is -0.112. The van der Waals surface area contributed by atoms with Crippen LogP contribution in [0.4, 0.5) is 5.69 Å². The second-order valence-corrected chi connectivity index (χ2v) is 3.08. The van der Waals surface area contributed by atoms with Crippen molar-refractivity contribution in [3.8, 4) is 6.07 Å². The van der Waals surface area contributed by atoms with Gasteiger partial charge in [0.25, 0.3) is 5.91 Å². The lowest BCUT2D eigenvalue weighted by Crippen LogP contribution is -2.13. The Labute approximate surface area is 89.0 Å². The molecule has 0 saturated carbocycles. The number of hydrogen-bond donors (Lipinski definition) is 1. The maximum atomic E-state index is 11.5. The first-order chi connectivity index (χ1) is 7.24. The number of para-hydroxylation sites is 1.